The van der Waals surface area contributed by atoms with E-state index in [9.17, 15) is 9.59 Å². The van der Waals surface area contributed by atoms with E-state index >= 15 is 0 Å². The fraction of sp³-hybridized carbons (Fsp3) is 0.529. The number of hydrogen-bond acceptors (Lipinski definition) is 3. The van der Waals surface area contributed by atoms with Gasteiger partial charge in [0.15, 0.2) is 0 Å². The van der Waals surface area contributed by atoms with E-state index in [0.29, 0.717) is 18.8 Å². The van der Waals surface area contributed by atoms with Gasteiger partial charge in [0.2, 0.25) is 5.91 Å². The Morgan fingerprint density at radius 3 is 2.57 bits per heavy atom. The van der Waals surface area contributed by atoms with Gasteiger partial charge in [0, 0.05) is 6.42 Å². The molecule has 0 spiro atoms. The van der Waals surface area contributed by atoms with Crippen molar-refractivity contribution < 1.29 is 14.3 Å². The molecule has 1 aromatic carbocycles. The predicted molar refractivity (Wildman–Crippen MR) is 78.7 cm³/mol. The van der Waals surface area contributed by atoms with Crippen LogP contribution in [0.5, 0.6) is 0 Å². The van der Waals surface area contributed by atoms with Gasteiger partial charge in [-0.25, -0.2) is 9.69 Å². The summed E-state index contributed by atoms with van der Waals surface area (Å²) in [5.41, 5.74) is 0.463. The van der Waals surface area contributed by atoms with Gasteiger partial charge in [0.05, 0.1) is 6.04 Å². The fourth-order valence-electron chi connectivity index (χ4n) is 2.90. The molecule has 0 N–H and O–H groups in total. The largest absolute Gasteiger partial charge is 0.441 e. The van der Waals surface area contributed by atoms with Crippen LogP contribution in [0.25, 0.3) is 0 Å². The molecule has 1 saturated heterocycles. The maximum Gasteiger partial charge on any atom is 0.417 e. The predicted octanol–water partition coefficient (Wildman–Crippen LogP) is 3.16. The van der Waals surface area contributed by atoms with Crippen LogP contribution in [-0.4, -0.2) is 28.5 Å². The summed E-state index contributed by atoms with van der Waals surface area (Å²) >= 11 is 0. The first-order valence-corrected chi connectivity index (χ1v) is 7.56. The molecule has 2 aliphatic rings. The van der Waals surface area contributed by atoms with Crippen LogP contribution in [0, 0.1) is 5.92 Å². The van der Waals surface area contributed by atoms with E-state index in [1.807, 2.05) is 44.2 Å². The number of carbonyl (C=O) groups is 2. The second kappa shape index (κ2) is 5.17. The first kappa shape index (κ1) is 14.1. The zero-order chi connectivity index (χ0) is 15.0. The number of ether oxygens (including phenoxy) is 1. The van der Waals surface area contributed by atoms with Crippen molar-refractivity contribution in [1.82, 2.24) is 4.90 Å². The highest BCUT2D eigenvalue weighted by Gasteiger charge is 2.50. The summed E-state index contributed by atoms with van der Waals surface area (Å²) in [5.74, 6) is 0.375. The van der Waals surface area contributed by atoms with Crippen LogP contribution in [0.2, 0.25) is 0 Å². The molecule has 2 amide bonds. The van der Waals surface area contributed by atoms with Crippen molar-refractivity contribution in [3.05, 3.63) is 35.9 Å². The van der Waals surface area contributed by atoms with Crippen LogP contribution in [0.15, 0.2) is 30.3 Å². The van der Waals surface area contributed by atoms with Crippen LogP contribution in [0.4, 0.5) is 4.79 Å². The molecule has 1 saturated carbocycles. The van der Waals surface area contributed by atoms with Crippen molar-refractivity contribution in [3.63, 3.8) is 0 Å². The van der Waals surface area contributed by atoms with E-state index in [2.05, 4.69) is 0 Å². The summed E-state index contributed by atoms with van der Waals surface area (Å²) in [6.45, 7) is 3.76. The first-order chi connectivity index (χ1) is 9.97. The van der Waals surface area contributed by atoms with E-state index in [4.69, 9.17) is 4.74 Å². The zero-order valence-corrected chi connectivity index (χ0v) is 12.5. The molecule has 2 fully saturated rings. The number of rotatable bonds is 4. The molecule has 1 atom stereocenters. The van der Waals surface area contributed by atoms with Gasteiger partial charge < -0.3 is 4.74 Å². The molecule has 1 heterocycles. The van der Waals surface area contributed by atoms with Gasteiger partial charge in [0.1, 0.15) is 5.60 Å². The highest BCUT2D eigenvalue weighted by atomic mass is 16.6. The van der Waals surface area contributed by atoms with Gasteiger partial charge in [0.25, 0.3) is 0 Å². The molecule has 1 aliphatic heterocycles. The van der Waals surface area contributed by atoms with E-state index in [-0.39, 0.29) is 11.9 Å². The Morgan fingerprint density at radius 1 is 1.29 bits per heavy atom. The molecule has 1 aromatic rings. The van der Waals surface area contributed by atoms with E-state index in [0.717, 1.165) is 18.4 Å². The highest BCUT2D eigenvalue weighted by molar-refractivity contribution is 5.94. The summed E-state index contributed by atoms with van der Waals surface area (Å²) < 4.78 is 5.44. The van der Waals surface area contributed by atoms with Gasteiger partial charge in [-0.15, -0.1) is 0 Å². The van der Waals surface area contributed by atoms with Crippen molar-refractivity contribution in [2.75, 3.05) is 0 Å². The second-order valence-electron chi connectivity index (χ2n) is 6.59. The molecule has 0 bridgehead atoms. The Morgan fingerprint density at radius 2 is 1.95 bits per heavy atom. The molecule has 4 nitrogen and oxygen atoms in total. The maximum absolute atomic E-state index is 12.4. The number of benzene rings is 1. The third-order valence-electron chi connectivity index (χ3n) is 4.36. The quantitative estimate of drug-likeness (QED) is 0.854. The van der Waals surface area contributed by atoms with Crippen molar-refractivity contribution >= 4 is 12.0 Å². The van der Waals surface area contributed by atoms with Crippen molar-refractivity contribution in [3.8, 4) is 0 Å². The van der Waals surface area contributed by atoms with Crippen LogP contribution in [0.3, 0.4) is 0 Å². The normalized spacial score (nSPS) is 24.0. The Labute approximate surface area is 125 Å². The van der Waals surface area contributed by atoms with Gasteiger partial charge in [-0.1, -0.05) is 30.3 Å². The lowest BCUT2D eigenvalue weighted by Crippen LogP contribution is -2.46. The Balaban J connectivity index is 1.81. The fourth-order valence-corrected chi connectivity index (χ4v) is 2.90. The molecule has 3 rings (SSSR count). The number of amides is 2. The van der Waals surface area contributed by atoms with Crippen LogP contribution >= 0.6 is 0 Å². The second-order valence-corrected chi connectivity index (χ2v) is 6.59. The topological polar surface area (TPSA) is 46.6 Å². The molecule has 0 radical (unpaired) electrons. The molecule has 0 unspecified atom stereocenters. The number of cyclic esters (lactones) is 1. The smallest absolute Gasteiger partial charge is 0.417 e. The molecule has 21 heavy (non-hydrogen) atoms. The number of imide groups is 1. The SMILES string of the molecule is CC1(C)OC(=O)N(C(=O)CC2CC2)[C@H]1Cc1ccccc1. The minimum Gasteiger partial charge on any atom is -0.441 e. The average molecular weight is 287 g/mol. The van der Waals surface area contributed by atoms with Crippen molar-refractivity contribution in [2.45, 2.75) is 51.2 Å². The third kappa shape index (κ3) is 2.94. The summed E-state index contributed by atoms with van der Waals surface area (Å²) in [6.07, 6.45) is 2.81. The minimum atomic E-state index is -0.647. The lowest BCUT2D eigenvalue weighted by Gasteiger charge is -2.28. The van der Waals surface area contributed by atoms with Gasteiger partial charge in [-0.05, 0) is 44.6 Å². The van der Waals surface area contributed by atoms with Gasteiger partial charge in [-0.3, -0.25) is 4.79 Å². The lowest BCUT2D eigenvalue weighted by atomic mass is 9.92. The van der Waals surface area contributed by atoms with Gasteiger partial charge >= 0.3 is 6.09 Å². The summed E-state index contributed by atoms with van der Waals surface area (Å²) in [6, 6.07) is 9.69. The van der Waals surface area contributed by atoms with E-state index < -0.39 is 11.7 Å². The van der Waals surface area contributed by atoms with Crippen LogP contribution < -0.4 is 0 Å². The minimum absolute atomic E-state index is 0.0889. The Bertz CT molecular complexity index is 548. The third-order valence-corrected chi connectivity index (χ3v) is 4.36. The summed E-state index contributed by atoms with van der Waals surface area (Å²) in [7, 11) is 0. The lowest BCUT2D eigenvalue weighted by molar-refractivity contribution is -0.130. The number of nitrogens with zero attached hydrogens (tertiary/aromatic N) is 1. The van der Waals surface area contributed by atoms with Gasteiger partial charge in [-0.2, -0.15) is 0 Å². The van der Waals surface area contributed by atoms with E-state index in [1.54, 1.807) is 0 Å². The molecule has 0 aromatic heterocycles. The monoisotopic (exact) mass is 287 g/mol. The first-order valence-electron chi connectivity index (χ1n) is 7.56. The van der Waals surface area contributed by atoms with Crippen LogP contribution in [-0.2, 0) is 16.0 Å². The maximum atomic E-state index is 12.4. The number of carbonyl (C=O) groups excluding carboxylic acids is 2. The Kier molecular flexibility index (Phi) is 3.47. The van der Waals surface area contributed by atoms with Crippen molar-refractivity contribution in [2.24, 2.45) is 5.92 Å². The van der Waals surface area contributed by atoms with Crippen molar-refractivity contribution in [1.29, 1.82) is 0 Å². The summed E-state index contributed by atoms with van der Waals surface area (Å²) in [4.78, 5) is 25.9. The zero-order valence-electron chi connectivity index (χ0n) is 12.5. The number of hydrogen-bond donors (Lipinski definition) is 0. The Hall–Kier alpha value is -1.84. The molecular formula is C17H21NO3. The summed E-state index contributed by atoms with van der Waals surface area (Å²) in [5, 5.41) is 0. The molecule has 1 aliphatic carbocycles. The highest BCUT2D eigenvalue weighted by Crippen LogP contribution is 2.37. The van der Waals surface area contributed by atoms with Crippen LogP contribution in [0.1, 0.15) is 38.7 Å². The molecule has 112 valence electrons. The van der Waals surface area contributed by atoms with E-state index in [1.165, 1.54) is 4.90 Å². The average Bonchev–Trinajstić information content (AvgIpc) is 3.18. The standard InChI is InChI=1S/C17H21NO3/c1-17(2)14(10-12-6-4-3-5-7-12)18(16(20)21-17)15(19)11-13-8-9-13/h3-7,13-14H,8-11H2,1-2H3/t14-/m0/s1. The molecule has 4 heteroatoms. The molecular weight excluding hydrogens is 266 g/mol.